The molecule has 5 heteroatoms. The molecule has 23 heavy (non-hydrogen) atoms. The number of rotatable bonds is 7. The van der Waals surface area contributed by atoms with E-state index in [9.17, 15) is 5.11 Å². The van der Waals surface area contributed by atoms with Gasteiger partial charge < -0.3 is 25.4 Å². The largest absolute Gasteiger partial charge is 0.490 e. The summed E-state index contributed by atoms with van der Waals surface area (Å²) in [6.07, 6.45) is -0.499. The third-order valence-corrected chi connectivity index (χ3v) is 3.04. The van der Waals surface area contributed by atoms with E-state index in [-0.39, 0.29) is 13.2 Å². The molecule has 0 aliphatic rings. The summed E-state index contributed by atoms with van der Waals surface area (Å²) in [6, 6.07) is 14.4. The minimum atomic E-state index is -0.499. The van der Waals surface area contributed by atoms with E-state index in [0.29, 0.717) is 19.2 Å². The van der Waals surface area contributed by atoms with Gasteiger partial charge in [0.15, 0.2) is 0 Å². The molecule has 5 nitrogen and oxygen atoms in total. The zero-order chi connectivity index (χ0) is 17.1. The molecule has 0 bridgehead atoms. The lowest BCUT2D eigenvalue weighted by Gasteiger charge is -2.15. The van der Waals surface area contributed by atoms with Crippen molar-refractivity contribution in [2.75, 3.05) is 26.4 Å². The summed E-state index contributed by atoms with van der Waals surface area (Å²) in [5.74, 6) is 0.821. The number of hydrogen-bond acceptors (Lipinski definition) is 5. The zero-order valence-electron chi connectivity index (χ0n) is 13.8. The fourth-order valence-electron chi connectivity index (χ4n) is 1.94. The van der Waals surface area contributed by atoms with Gasteiger partial charge in [0, 0.05) is 18.0 Å². The van der Waals surface area contributed by atoms with Crippen LogP contribution in [0.2, 0.25) is 0 Å². The van der Waals surface area contributed by atoms with Gasteiger partial charge in [-0.1, -0.05) is 50.2 Å². The van der Waals surface area contributed by atoms with Gasteiger partial charge in [0.05, 0.1) is 13.2 Å². The molecule has 2 aromatic carbocycles. The second-order valence-electron chi connectivity index (χ2n) is 5.45. The summed E-state index contributed by atoms with van der Waals surface area (Å²) in [7, 11) is 0. The SMILES string of the molecule is CC(C)NCC(O)COc1cccc2ccccc12.OCCO. The number of aliphatic hydroxyl groups is 3. The van der Waals surface area contributed by atoms with Crippen LogP contribution in [0.3, 0.4) is 0 Å². The number of ether oxygens (including phenoxy) is 1. The Morgan fingerprint density at radius 3 is 2.30 bits per heavy atom. The second kappa shape index (κ2) is 11.0. The minimum absolute atomic E-state index is 0.125. The Kier molecular flexibility index (Phi) is 9.24. The maximum atomic E-state index is 9.84. The molecular formula is C18H27NO4. The molecule has 4 N–H and O–H groups in total. The summed E-state index contributed by atoms with van der Waals surface area (Å²) < 4.78 is 5.72. The van der Waals surface area contributed by atoms with E-state index in [4.69, 9.17) is 14.9 Å². The Labute approximate surface area is 137 Å². The highest BCUT2D eigenvalue weighted by molar-refractivity contribution is 5.88. The first kappa shape index (κ1) is 19.4. The molecule has 0 saturated heterocycles. The fraction of sp³-hybridized carbons (Fsp3) is 0.444. The van der Waals surface area contributed by atoms with Crippen LogP contribution in [0.1, 0.15) is 13.8 Å². The molecule has 128 valence electrons. The number of hydrogen-bond donors (Lipinski definition) is 4. The van der Waals surface area contributed by atoms with Crippen molar-refractivity contribution < 1.29 is 20.1 Å². The van der Waals surface area contributed by atoms with Crippen LogP contribution in [-0.2, 0) is 0 Å². The highest BCUT2D eigenvalue weighted by atomic mass is 16.5. The van der Waals surface area contributed by atoms with E-state index >= 15 is 0 Å². The fourth-order valence-corrected chi connectivity index (χ4v) is 1.94. The first-order chi connectivity index (χ1) is 11.1. The van der Waals surface area contributed by atoms with Gasteiger partial charge >= 0.3 is 0 Å². The number of fused-ring (bicyclic) bond motifs is 1. The van der Waals surface area contributed by atoms with E-state index in [0.717, 1.165) is 16.5 Å². The monoisotopic (exact) mass is 321 g/mol. The van der Waals surface area contributed by atoms with E-state index < -0.39 is 6.10 Å². The quantitative estimate of drug-likeness (QED) is 0.622. The highest BCUT2D eigenvalue weighted by Crippen LogP contribution is 2.25. The van der Waals surface area contributed by atoms with Crippen LogP contribution in [0.25, 0.3) is 10.8 Å². The molecular weight excluding hydrogens is 294 g/mol. The first-order valence-electron chi connectivity index (χ1n) is 7.82. The molecule has 0 aliphatic carbocycles. The van der Waals surface area contributed by atoms with Gasteiger partial charge in [-0.05, 0) is 11.5 Å². The van der Waals surface area contributed by atoms with Crippen molar-refractivity contribution in [2.45, 2.75) is 26.0 Å². The van der Waals surface area contributed by atoms with Crippen LogP contribution in [0.15, 0.2) is 42.5 Å². The predicted octanol–water partition coefficient (Wildman–Crippen LogP) is 1.55. The van der Waals surface area contributed by atoms with Crippen LogP contribution in [-0.4, -0.2) is 53.8 Å². The van der Waals surface area contributed by atoms with Crippen molar-refractivity contribution in [1.82, 2.24) is 5.32 Å². The number of benzene rings is 2. The predicted molar refractivity (Wildman–Crippen MR) is 92.8 cm³/mol. The molecule has 0 amide bonds. The lowest BCUT2D eigenvalue weighted by atomic mass is 10.1. The topological polar surface area (TPSA) is 82.0 Å². The maximum Gasteiger partial charge on any atom is 0.127 e. The number of nitrogens with one attached hydrogen (secondary N) is 1. The average molecular weight is 321 g/mol. The van der Waals surface area contributed by atoms with Crippen LogP contribution in [0, 0.1) is 0 Å². The van der Waals surface area contributed by atoms with Crippen molar-refractivity contribution in [3.05, 3.63) is 42.5 Å². The van der Waals surface area contributed by atoms with E-state index in [1.165, 1.54) is 0 Å². The Hall–Kier alpha value is -1.66. The van der Waals surface area contributed by atoms with Gasteiger partial charge in [-0.3, -0.25) is 0 Å². The molecule has 2 aromatic rings. The van der Waals surface area contributed by atoms with Gasteiger partial charge in [0.1, 0.15) is 18.5 Å². The van der Waals surface area contributed by atoms with Gasteiger partial charge in [0.25, 0.3) is 0 Å². The summed E-state index contributed by atoms with van der Waals surface area (Å²) in [4.78, 5) is 0. The van der Waals surface area contributed by atoms with Crippen molar-refractivity contribution in [2.24, 2.45) is 0 Å². The molecule has 1 unspecified atom stereocenters. The van der Waals surface area contributed by atoms with Crippen LogP contribution < -0.4 is 10.1 Å². The summed E-state index contributed by atoms with van der Waals surface area (Å²) in [5.41, 5.74) is 0. The molecule has 1 atom stereocenters. The van der Waals surface area contributed by atoms with E-state index in [1.54, 1.807) is 0 Å². The van der Waals surface area contributed by atoms with Crippen LogP contribution in [0.5, 0.6) is 5.75 Å². The van der Waals surface area contributed by atoms with Crippen molar-refractivity contribution in [1.29, 1.82) is 0 Å². The lowest BCUT2D eigenvalue weighted by molar-refractivity contribution is 0.105. The normalized spacial score (nSPS) is 11.9. The van der Waals surface area contributed by atoms with Gasteiger partial charge in [0.2, 0.25) is 0 Å². The molecule has 0 aromatic heterocycles. The molecule has 0 radical (unpaired) electrons. The molecule has 0 saturated carbocycles. The Bertz CT molecular complexity index is 552. The summed E-state index contributed by atoms with van der Waals surface area (Å²) in [6.45, 7) is 4.70. The third-order valence-electron chi connectivity index (χ3n) is 3.04. The second-order valence-corrected chi connectivity index (χ2v) is 5.45. The van der Waals surface area contributed by atoms with Gasteiger partial charge in [-0.2, -0.15) is 0 Å². The Balaban J connectivity index is 0.000000593. The molecule has 0 fully saturated rings. The van der Waals surface area contributed by atoms with Crippen molar-refractivity contribution in [3.63, 3.8) is 0 Å². The van der Waals surface area contributed by atoms with Crippen LogP contribution >= 0.6 is 0 Å². The van der Waals surface area contributed by atoms with Gasteiger partial charge in [-0.25, -0.2) is 0 Å². The van der Waals surface area contributed by atoms with E-state index in [2.05, 4.69) is 31.3 Å². The van der Waals surface area contributed by atoms with Crippen molar-refractivity contribution in [3.8, 4) is 5.75 Å². The van der Waals surface area contributed by atoms with Crippen LogP contribution in [0.4, 0.5) is 0 Å². The molecule has 0 heterocycles. The highest BCUT2D eigenvalue weighted by Gasteiger charge is 2.07. The van der Waals surface area contributed by atoms with Crippen molar-refractivity contribution >= 4 is 10.8 Å². The van der Waals surface area contributed by atoms with Gasteiger partial charge in [-0.15, -0.1) is 0 Å². The summed E-state index contributed by atoms with van der Waals surface area (Å²) in [5, 5.41) is 30.5. The Morgan fingerprint density at radius 1 is 1.00 bits per heavy atom. The molecule has 0 aliphatic heterocycles. The summed E-state index contributed by atoms with van der Waals surface area (Å²) >= 11 is 0. The standard InChI is InChI=1S/C16H21NO2.C2H6O2/c1-12(2)17-10-14(18)11-19-16-9-5-7-13-6-3-4-8-15(13)16;3-1-2-4/h3-9,12,14,17-18H,10-11H2,1-2H3;3-4H,1-2H2. The number of aliphatic hydroxyl groups excluding tert-OH is 3. The minimum Gasteiger partial charge on any atom is -0.490 e. The third kappa shape index (κ3) is 7.43. The Morgan fingerprint density at radius 2 is 1.65 bits per heavy atom. The molecule has 0 spiro atoms. The zero-order valence-corrected chi connectivity index (χ0v) is 13.8. The lowest BCUT2D eigenvalue weighted by Crippen LogP contribution is -2.35. The maximum absolute atomic E-state index is 9.84. The average Bonchev–Trinajstić information content (AvgIpc) is 2.58. The smallest absolute Gasteiger partial charge is 0.127 e. The van der Waals surface area contributed by atoms with E-state index in [1.807, 2.05) is 30.3 Å². The molecule has 2 rings (SSSR count). The first-order valence-corrected chi connectivity index (χ1v) is 7.82.